The smallest absolute Gasteiger partial charge is 0.337 e. The average Bonchev–Trinajstić information content (AvgIpc) is 2.87. The molecular weight excluding hydrogens is 212 g/mol. The summed E-state index contributed by atoms with van der Waals surface area (Å²) in [5.41, 5.74) is 0.250. The highest BCUT2D eigenvalue weighted by Crippen LogP contribution is 2.23. The second kappa shape index (κ2) is 4.14. The Morgan fingerprint density at radius 2 is 2.27 bits per heavy atom. The molecule has 4 heteroatoms. The van der Waals surface area contributed by atoms with Crippen molar-refractivity contribution in [1.29, 1.82) is 0 Å². The summed E-state index contributed by atoms with van der Waals surface area (Å²) in [5, 5.41) is 10.9. The third kappa shape index (κ3) is 2.16. The molecule has 15 heavy (non-hydrogen) atoms. The fourth-order valence-corrected chi connectivity index (χ4v) is 1.92. The van der Waals surface area contributed by atoms with E-state index in [0.717, 1.165) is 4.88 Å². The molecule has 0 aliphatic carbocycles. The van der Waals surface area contributed by atoms with Gasteiger partial charge in [0.25, 0.3) is 0 Å². The molecule has 0 fully saturated rings. The zero-order valence-corrected chi connectivity index (χ0v) is 8.53. The van der Waals surface area contributed by atoms with Crippen molar-refractivity contribution in [2.45, 2.75) is 0 Å². The largest absolute Gasteiger partial charge is 0.478 e. The highest BCUT2D eigenvalue weighted by molar-refractivity contribution is 7.11. The molecule has 0 aliphatic heterocycles. The van der Waals surface area contributed by atoms with Crippen molar-refractivity contribution in [3.63, 3.8) is 0 Å². The minimum Gasteiger partial charge on any atom is -0.478 e. The van der Waals surface area contributed by atoms with Crippen LogP contribution >= 0.6 is 11.3 Å². The van der Waals surface area contributed by atoms with Gasteiger partial charge in [0, 0.05) is 4.88 Å². The Labute approximate surface area is 90.3 Å². The molecule has 76 valence electrons. The van der Waals surface area contributed by atoms with Crippen LogP contribution in [0.2, 0.25) is 0 Å². The third-order valence-electron chi connectivity index (χ3n) is 1.85. The van der Waals surface area contributed by atoms with Gasteiger partial charge < -0.3 is 9.52 Å². The normalized spacial score (nSPS) is 11.6. The molecule has 2 rings (SSSR count). The predicted molar refractivity (Wildman–Crippen MR) is 58.5 cm³/mol. The first-order chi connectivity index (χ1) is 7.27. The monoisotopic (exact) mass is 220 g/mol. The maximum Gasteiger partial charge on any atom is 0.337 e. The molecule has 0 aromatic carbocycles. The number of hydrogen-bond donors (Lipinski definition) is 1. The summed E-state index contributed by atoms with van der Waals surface area (Å²) < 4.78 is 5.08. The molecule has 2 aromatic heterocycles. The maximum absolute atomic E-state index is 11.0. The van der Waals surface area contributed by atoms with E-state index in [2.05, 4.69) is 0 Å². The molecule has 2 aromatic rings. The molecule has 0 amide bonds. The average molecular weight is 220 g/mol. The van der Waals surface area contributed by atoms with Crippen LogP contribution in [0.4, 0.5) is 0 Å². The topological polar surface area (TPSA) is 50.4 Å². The Bertz CT molecular complexity index is 466. The standard InChI is InChI=1S/C11H8O3S/c12-11(13)9(10-4-2-6-15-10)7-8-3-1-5-14-8/h1-7H,(H,12,13). The van der Waals surface area contributed by atoms with E-state index in [9.17, 15) is 4.79 Å². The summed E-state index contributed by atoms with van der Waals surface area (Å²) in [5.74, 6) is -0.408. The minimum atomic E-state index is -0.950. The molecule has 0 unspecified atom stereocenters. The number of carboxylic acids is 1. The first-order valence-electron chi connectivity index (χ1n) is 4.30. The van der Waals surface area contributed by atoms with Crippen LogP contribution in [-0.2, 0) is 4.79 Å². The summed E-state index contributed by atoms with van der Waals surface area (Å²) in [6.45, 7) is 0. The van der Waals surface area contributed by atoms with Crippen molar-refractivity contribution in [2.24, 2.45) is 0 Å². The van der Waals surface area contributed by atoms with Crippen LogP contribution in [0.1, 0.15) is 10.6 Å². The summed E-state index contributed by atoms with van der Waals surface area (Å²) in [4.78, 5) is 11.7. The van der Waals surface area contributed by atoms with Gasteiger partial charge in [0.2, 0.25) is 0 Å². The van der Waals surface area contributed by atoms with E-state index in [1.807, 2.05) is 11.4 Å². The number of thiophene rings is 1. The quantitative estimate of drug-likeness (QED) is 0.809. The molecular formula is C11H8O3S. The van der Waals surface area contributed by atoms with Gasteiger partial charge in [-0.05, 0) is 29.7 Å². The van der Waals surface area contributed by atoms with Gasteiger partial charge in [0.15, 0.2) is 0 Å². The number of aliphatic carboxylic acids is 1. The van der Waals surface area contributed by atoms with Crippen LogP contribution in [0, 0.1) is 0 Å². The molecule has 0 saturated carbocycles. The minimum absolute atomic E-state index is 0.250. The summed E-state index contributed by atoms with van der Waals surface area (Å²) >= 11 is 1.39. The Hall–Kier alpha value is -1.81. The van der Waals surface area contributed by atoms with Crippen molar-refractivity contribution >= 4 is 29.0 Å². The third-order valence-corrected chi connectivity index (χ3v) is 2.75. The van der Waals surface area contributed by atoms with Gasteiger partial charge in [0.1, 0.15) is 5.76 Å². The van der Waals surface area contributed by atoms with E-state index in [-0.39, 0.29) is 5.57 Å². The van der Waals surface area contributed by atoms with Crippen molar-refractivity contribution in [3.8, 4) is 0 Å². The highest BCUT2D eigenvalue weighted by atomic mass is 32.1. The van der Waals surface area contributed by atoms with E-state index in [1.54, 1.807) is 18.2 Å². The zero-order valence-electron chi connectivity index (χ0n) is 7.71. The molecule has 0 spiro atoms. The molecule has 0 bridgehead atoms. The van der Waals surface area contributed by atoms with Gasteiger partial charge in [-0.1, -0.05) is 6.07 Å². The molecule has 1 N–H and O–H groups in total. The van der Waals surface area contributed by atoms with Gasteiger partial charge in [-0.15, -0.1) is 11.3 Å². The molecule has 2 heterocycles. The second-order valence-corrected chi connectivity index (χ2v) is 3.80. The summed E-state index contributed by atoms with van der Waals surface area (Å²) in [6, 6.07) is 7.03. The Morgan fingerprint density at radius 3 is 2.80 bits per heavy atom. The van der Waals surface area contributed by atoms with E-state index in [0.29, 0.717) is 5.76 Å². The van der Waals surface area contributed by atoms with Gasteiger partial charge >= 0.3 is 5.97 Å². The van der Waals surface area contributed by atoms with E-state index >= 15 is 0 Å². The number of hydrogen-bond acceptors (Lipinski definition) is 3. The predicted octanol–water partition coefficient (Wildman–Crippen LogP) is 2.97. The fraction of sp³-hybridized carbons (Fsp3) is 0. The van der Waals surface area contributed by atoms with Crippen molar-refractivity contribution in [3.05, 3.63) is 46.5 Å². The fourth-order valence-electron chi connectivity index (χ4n) is 1.19. The van der Waals surface area contributed by atoms with Crippen molar-refractivity contribution in [2.75, 3.05) is 0 Å². The lowest BCUT2D eigenvalue weighted by molar-refractivity contribution is -0.130. The van der Waals surface area contributed by atoms with Crippen LogP contribution in [0.3, 0.4) is 0 Å². The van der Waals surface area contributed by atoms with Crippen LogP contribution in [0.5, 0.6) is 0 Å². The molecule has 3 nitrogen and oxygen atoms in total. The van der Waals surface area contributed by atoms with E-state index in [4.69, 9.17) is 9.52 Å². The second-order valence-electron chi connectivity index (χ2n) is 2.86. The number of carboxylic acid groups (broad SMARTS) is 1. The van der Waals surface area contributed by atoms with E-state index in [1.165, 1.54) is 23.7 Å². The lowest BCUT2D eigenvalue weighted by atomic mass is 10.2. The lowest BCUT2D eigenvalue weighted by Crippen LogP contribution is -1.97. The Morgan fingerprint density at radius 1 is 1.40 bits per heavy atom. The molecule has 0 atom stereocenters. The van der Waals surface area contributed by atoms with Gasteiger partial charge in [-0.2, -0.15) is 0 Å². The molecule has 0 aliphatic rings. The lowest BCUT2D eigenvalue weighted by Gasteiger charge is -1.96. The Kier molecular flexibility index (Phi) is 2.69. The highest BCUT2D eigenvalue weighted by Gasteiger charge is 2.11. The van der Waals surface area contributed by atoms with Crippen LogP contribution < -0.4 is 0 Å². The van der Waals surface area contributed by atoms with E-state index < -0.39 is 5.97 Å². The molecule has 0 radical (unpaired) electrons. The Balaban J connectivity index is 2.41. The van der Waals surface area contributed by atoms with Crippen LogP contribution in [0.25, 0.3) is 11.6 Å². The first kappa shape index (κ1) is 9.73. The summed E-state index contributed by atoms with van der Waals surface area (Å²) in [7, 11) is 0. The van der Waals surface area contributed by atoms with Gasteiger partial charge in [-0.25, -0.2) is 4.79 Å². The molecule has 0 saturated heterocycles. The van der Waals surface area contributed by atoms with Crippen LogP contribution in [0.15, 0.2) is 40.3 Å². The van der Waals surface area contributed by atoms with Crippen molar-refractivity contribution in [1.82, 2.24) is 0 Å². The SMILES string of the molecule is O=C(O)C(=Cc1ccco1)c1cccs1. The van der Waals surface area contributed by atoms with Gasteiger partial charge in [-0.3, -0.25) is 0 Å². The summed E-state index contributed by atoms with van der Waals surface area (Å²) in [6.07, 6.45) is 3.04. The number of rotatable bonds is 3. The number of carbonyl (C=O) groups is 1. The maximum atomic E-state index is 11.0. The van der Waals surface area contributed by atoms with Crippen LogP contribution in [-0.4, -0.2) is 11.1 Å². The first-order valence-corrected chi connectivity index (χ1v) is 5.18. The van der Waals surface area contributed by atoms with Gasteiger partial charge in [0.05, 0.1) is 11.8 Å². The number of furan rings is 1. The zero-order chi connectivity index (χ0) is 10.7. The van der Waals surface area contributed by atoms with Crippen molar-refractivity contribution < 1.29 is 14.3 Å².